The van der Waals surface area contributed by atoms with Crippen molar-refractivity contribution in [3.8, 4) is 0 Å². The van der Waals surface area contributed by atoms with Crippen LogP contribution >= 0.6 is 0 Å². The molecule has 2 fully saturated rings. The third-order valence-corrected chi connectivity index (χ3v) is 6.25. The zero-order valence-electron chi connectivity index (χ0n) is 20.0. The van der Waals surface area contributed by atoms with E-state index in [1.807, 2.05) is 25.7 Å². The molecule has 0 N–H and O–H groups in total. The molecule has 1 atom stereocenters. The Bertz CT molecular complexity index is 827. The molecule has 0 radical (unpaired) electrons. The molecule has 1 aliphatic carbocycles. The summed E-state index contributed by atoms with van der Waals surface area (Å²) < 4.78 is 5.48. The molecule has 31 heavy (non-hydrogen) atoms. The number of carbonyl (C=O) groups excluding carboxylic acids is 1. The van der Waals surface area contributed by atoms with Crippen molar-refractivity contribution in [2.75, 3.05) is 6.54 Å². The summed E-state index contributed by atoms with van der Waals surface area (Å²) >= 11 is 0. The molecule has 168 valence electrons. The lowest BCUT2D eigenvalue weighted by Gasteiger charge is -2.28. The highest BCUT2D eigenvalue weighted by atomic mass is 16.6. The number of hydrogen-bond acceptors (Lipinski definition) is 2. The Morgan fingerprint density at radius 2 is 1.32 bits per heavy atom. The van der Waals surface area contributed by atoms with Crippen molar-refractivity contribution in [2.45, 2.75) is 90.7 Å². The number of likely N-dealkylation sites (tertiary alicyclic amines) is 1. The second-order valence-electron chi connectivity index (χ2n) is 10.1. The topological polar surface area (TPSA) is 29.5 Å². The lowest BCUT2D eigenvalue weighted by molar-refractivity contribution is 0.0224. The van der Waals surface area contributed by atoms with Gasteiger partial charge in [0.1, 0.15) is 5.60 Å². The molecule has 1 amide bonds. The molecule has 3 nitrogen and oxygen atoms in total. The zero-order chi connectivity index (χ0) is 22.4. The van der Waals surface area contributed by atoms with Crippen LogP contribution in [0.25, 0.3) is 0 Å². The maximum absolute atomic E-state index is 12.2. The molecule has 0 bridgehead atoms. The Morgan fingerprint density at radius 1 is 0.806 bits per heavy atom. The van der Waals surface area contributed by atoms with Crippen LogP contribution in [0.1, 0.15) is 93.5 Å². The Labute approximate surface area is 188 Å². The van der Waals surface area contributed by atoms with E-state index in [2.05, 4.69) is 62.4 Å². The number of hydrogen-bond donors (Lipinski definition) is 0. The third-order valence-electron chi connectivity index (χ3n) is 6.25. The predicted octanol–water partition coefficient (Wildman–Crippen LogP) is 7.72. The van der Waals surface area contributed by atoms with Gasteiger partial charge in [-0.05, 0) is 77.3 Å². The van der Waals surface area contributed by atoms with Gasteiger partial charge in [0, 0.05) is 6.54 Å². The maximum atomic E-state index is 12.2. The molecule has 0 spiro atoms. The van der Waals surface area contributed by atoms with Crippen molar-refractivity contribution in [1.29, 1.82) is 0 Å². The van der Waals surface area contributed by atoms with Crippen molar-refractivity contribution >= 4 is 6.09 Å². The minimum atomic E-state index is -0.433. The molecule has 1 saturated heterocycles. The quantitative estimate of drug-likeness (QED) is 0.497. The second-order valence-corrected chi connectivity index (χ2v) is 10.1. The second kappa shape index (κ2) is 10.3. The molecular weight excluding hydrogens is 382 g/mol. The molecule has 1 heterocycles. The fraction of sp³-hybridized carbons (Fsp3) is 0.536. The van der Waals surface area contributed by atoms with Gasteiger partial charge in [0.25, 0.3) is 0 Å². The summed E-state index contributed by atoms with van der Waals surface area (Å²) in [4.78, 5) is 14.1. The summed E-state index contributed by atoms with van der Waals surface area (Å²) in [7, 11) is 0. The van der Waals surface area contributed by atoms with Gasteiger partial charge in [-0.3, -0.25) is 0 Å². The first-order valence-electron chi connectivity index (χ1n) is 11.9. The highest BCUT2D eigenvalue weighted by Crippen LogP contribution is 2.34. The third kappa shape index (κ3) is 6.85. The number of amides is 1. The highest BCUT2D eigenvalue weighted by molar-refractivity contribution is 5.69. The Kier molecular flexibility index (Phi) is 7.80. The van der Waals surface area contributed by atoms with Gasteiger partial charge in [0.15, 0.2) is 0 Å². The standard InChI is InChI=1S/C16H23NO2.C12H16/c1-12-7-9-13(10-8-12)14-6-5-11-17(14)15(18)19-16(2,3)4;1-10-6-8-12(9-7-10)11-4-2-3-5-11/h7-10,14H,5-6,11H2,1-4H3;6-9,11H,2-5H2,1H3/t14-;/m0./s1. The van der Waals surface area contributed by atoms with Gasteiger partial charge in [-0.2, -0.15) is 0 Å². The van der Waals surface area contributed by atoms with Crippen molar-refractivity contribution < 1.29 is 9.53 Å². The van der Waals surface area contributed by atoms with Crippen LogP contribution in [0.5, 0.6) is 0 Å². The summed E-state index contributed by atoms with van der Waals surface area (Å²) in [6, 6.07) is 17.6. The van der Waals surface area contributed by atoms with E-state index in [4.69, 9.17) is 4.74 Å². The van der Waals surface area contributed by atoms with Crippen molar-refractivity contribution in [2.24, 2.45) is 0 Å². The first-order valence-corrected chi connectivity index (χ1v) is 11.9. The largest absolute Gasteiger partial charge is 0.444 e. The van der Waals surface area contributed by atoms with Gasteiger partial charge >= 0.3 is 6.09 Å². The van der Waals surface area contributed by atoms with Crippen molar-refractivity contribution in [1.82, 2.24) is 4.90 Å². The number of benzene rings is 2. The molecule has 3 heteroatoms. The van der Waals surface area contributed by atoms with Crippen molar-refractivity contribution in [3.63, 3.8) is 0 Å². The van der Waals surface area contributed by atoms with E-state index in [0.29, 0.717) is 0 Å². The lowest BCUT2D eigenvalue weighted by atomic mass is 9.97. The molecule has 0 unspecified atom stereocenters. The molecule has 1 saturated carbocycles. The Morgan fingerprint density at radius 3 is 1.84 bits per heavy atom. The number of rotatable bonds is 2. The van der Waals surface area contributed by atoms with E-state index in [-0.39, 0.29) is 12.1 Å². The van der Waals surface area contributed by atoms with Crippen molar-refractivity contribution in [3.05, 3.63) is 70.8 Å². The van der Waals surface area contributed by atoms with Gasteiger partial charge < -0.3 is 9.64 Å². The predicted molar refractivity (Wildman–Crippen MR) is 128 cm³/mol. The molecule has 2 aromatic carbocycles. The van der Waals surface area contributed by atoms with E-state index in [1.54, 1.807) is 5.56 Å². The first kappa shape index (κ1) is 23.4. The normalized spacial score (nSPS) is 19.1. The van der Waals surface area contributed by atoms with E-state index in [9.17, 15) is 4.79 Å². The molecule has 0 aromatic heterocycles. The molecule has 2 aliphatic rings. The summed E-state index contributed by atoms with van der Waals surface area (Å²) in [5, 5.41) is 0. The summed E-state index contributed by atoms with van der Waals surface area (Å²) in [6.45, 7) is 10.7. The van der Waals surface area contributed by atoms with Crippen LogP contribution in [0, 0.1) is 13.8 Å². The SMILES string of the molecule is Cc1ccc(C2CCCC2)cc1.Cc1ccc([C@@H]2CCCN2C(=O)OC(C)(C)C)cc1. The fourth-order valence-electron chi connectivity index (χ4n) is 4.54. The molecular formula is C28H39NO2. The fourth-order valence-corrected chi connectivity index (χ4v) is 4.54. The van der Waals surface area contributed by atoms with Gasteiger partial charge in [0.05, 0.1) is 6.04 Å². The average Bonchev–Trinajstić information content (AvgIpc) is 3.41. The number of carbonyl (C=O) groups is 1. The van der Waals surface area contributed by atoms with Gasteiger partial charge in [-0.1, -0.05) is 72.5 Å². The van der Waals surface area contributed by atoms with Gasteiger partial charge in [-0.15, -0.1) is 0 Å². The molecule has 2 aromatic rings. The molecule has 1 aliphatic heterocycles. The van der Waals surface area contributed by atoms with Crippen LogP contribution in [-0.4, -0.2) is 23.1 Å². The van der Waals surface area contributed by atoms with E-state index < -0.39 is 5.60 Å². The summed E-state index contributed by atoms with van der Waals surface area (Å²) in [5.41, 5.74) is 4.94. The van der Waals surface area contributed by atoms with E-state index in [0.717, 1.165) is 25.3 Å². The maximum Gasteiger partial charge on any atom is 0.410 e. The summed E-state index contributed by atoms with van der Waals surface area (Å²) in [5.74, 6) is 0.866. The first-order chi connectivity index (χ1) is 14.7. The van der Waals surface area contributed by atoms with Crippen LogP contribution in [-0.2, 0) is 4.74 Å². The smallest absolute Gasteiger partial charge is 0.410 e. The number of aryl methyl sites for hydroxylation is 2. The van der Waals surface area contributed by atoms with Gasteiger partial charge in [0.2, 0.25) is 0 Å². The highest BCUT2D eigenvalue weighted by Gasteiger charge is 2.32. The average molecular weight is 422 g/mol. The Hall–Kier alpha value is -2.29. The van der Waals surface area contributed by atoms with Crippen LogP contribution in [0.4, 0.5) is 4.79 Å². The van der Waals surface area contributed by atoms with E-state index >= 15 is 0 Å². The van der Waals surface area contributed by atoms with Crippen LogP contribution in [0.3, 0.4) is 0 Å². The van der Waals surface area contributed by atoms with E-state index in [1.165, 1.54) is 42.4 Å². The number of nitrogens with zero attached hydrogens (tertiary/aromatic N) is 1. The lowest BCUT2D eigenvalue weighted by Crippen LogP contribution is -2.36. The minimum absolute atomic E-state index is 0.162. The molecule has 4 rings (SSSR count). The van der Waals surface area contributed by atoms with Crippen LogP contribution < -0.4 is 0 Å². The summed E-state index contributed by atoms with van der Waals surface area (Å²) in [6.07, 6.45) is 7.53. The number of ether oxygens (including phenoxy) is 1. The monoisotopic (exact) mass is 421 g/mol. The van der Waals surface area contributed by atoms with Gasteiger partial charge in [-0.25, -0.2) is 4.79 Å². The zero-order valence-corrected chi connectivity index (χ0v) is 20.0. The minimum Gasteiger partial charge on any atom is -0.444 e. The van der Waals surface area contributed by atoms with Crippen LogP contribution in [0.2, 0.25) is 0 Å². The Balaban J connectivity index is 0.000000194. The van der Waals surface area contributed by atoms with Crippen LogP contribution in [0.15, 0.2) is 48.5 Å².